The molecule has 0 saturated carbocycles. The molecular weight excluding hydrogens is 324 g/mol. The van der Waals surface area contributed by atoms with Gasteiger partial charge >= 0.3 is 0 Å². The number of fused-ring (bicyclic) bond motifs is 1. The van der Waals surface area contributed by atoms with E-state index in [1.54, 1.807) is 6.20 Å². The van der Waals surface area contributed by atoms with Crippen LogP contribution in [0.2, 0.25) is 0 Å². The summed E-state index contributed by atoms with van der Waals surface area (Å²) in [5, 5.41) is 9.20. The lowest BCUT2D eigenvalue weighted by Crippen LogP contribution is -2.08. The van der Waals surface area contributed by atoms with Gasteiger partial charge in [-0.15, -0.1) is 0 Å². The van der Waals surface area contributed by atoms with Crippen molar-refractivity contribution in [3.63, 3.8) is 0 Å². The van der Waals surface area contributed by atoms with Gasteiger partial charge in [-0.05, 0) is 17.7 Å². The summed E-state index contributed by atoms with van der Waals surface area (Å²) in [6.07, 6.45) is 5.67. The standard InChI is InChI=1S/C21H20N4O/c1-24(2)18-5-3-4-17(10-18)20-11-23-21-12-22-19(13-25(20)21)16-8-6-15(14-26)7-9-16/h3-13,26H,14H2,1-2H3. The molecule has 0 fully saturated rings. The average molecular weight is 344 g/mol. The number of anilines is 1. The van der Waals surface area contributed by atoms with Crippen LogP contribution in [-0.4, -0.2) is 33.6 Å². The van der Waals surface area contributed by atoms with Crippen LogP contribution in [0.25, 0.3) is 28.2 Å². The normalized spacial score (nSPS) is 11.0. The van der Waals surface area contributed by atoms with Gasteiger partial charge in [-0.1, -0.05) is 36.4 Å². The Hall–Kier alpha value is -3.18. The van der Waals surface area contributed by atoms with Crippen LogP contribution in [0.5, 0.6) is 0 Å². The third kappa shape index (κ3) is 2.93. The Labute approximate surface area is 152 Å². The number of rotatable bonds is 4. The van der Waals surface area contributed by atoms with Crippen LogP contribution in [0, 0.1) is 0 Å². The molecule has 5 nitrogen and oxygen atoms in total. The highest BCUT2D eigenvalue weighted by molar-refractivity contribution is 5.69. The lowest BCUT2D eigenvalue weighted by Gasteiger charge is -2.13. The third-order valence-electron chi connectivity index (χ3n) is 4.49. The van der Waals surface area contributed by atoms with Crippen molar-refractivity contribution in [2.45, 2.75) is 6.61 Å². The van der Waals surface area contributed by atoms with Crippen LogP contribution in [0.1, 0.15) is 5.56 Å². The van der Waals surface area contributed by atoms with E-state index in [2.05, 4.69) is 43.5 Å². The molecule has 0 saturated heterocycles. The highest BCUT2D eigenvalue weighted by atomic mass is 16.3. The summed E-state index contributed by atoms with van der Waals surface area (Å²) in [6.45, 7) is 0.0423. The first-order valence-corrected chi connectivity index (χ1v) is 8.47. The molecule has 0 aliphatic carbocycles. The zero-order valence-electron chi connectivity index (χ0n) is 14.8. The number of aliphatic hydroxyl groups is 1. The molecular formula is C21H20N4O. The first kappa shape index (κ1) is 16.3. The second-order valence-electron chi connectivity index (χ2n) is 6.44. The summed E-state index contributed by atoms with van der Waals surface area (Å²) in [4.78, 5) is 11.1. The summed E-state index contributed by atoms with van der Waals surface area (Å²) < 4.78 is 2.07. The summed E-state index contributed by atoms with van der Waals surface area (Å²) in [5.41, 5.74) is 6.85. The summed E-state index contributed by atoms with van der Waals surface area (Å²) >= 11 is 0. The molecule has 5 heteroatoms. The second-order valence-corrected chi connectivity index (χ2v) is 6.44. The molecule has 0 amide bonds. The molecule has 1 N–H and O–H groups in total. The van der Waals surface area contributed by atoms with E-state index in [0.717, 1.165) is 39.4 Å². The third-order valence-corrected chi connectivity index (χ3v) is 4.49. The van der Waals surface area contributed by atoms with Gasteiger partial charge in [0.15, 0.2) is 5.65 Å². The molecule has 4 aromatic rings. The minimum Gasteiger partial charge on any atom is -0.392 e. The molecule has 26 heavy (non-hydrogen) atoms. The van der Waals surface area contributed by atoms with Crippen LogP contribution < -0.4 is 4.90 Å². The van der Waals surface area contributed by atoms with Crippen LogP contribution in [0.4, 0.5) is 5.69 Å². The number of hydrogen-bond donors (Lipinski definition) is 1. The van der Waals surface area contributed by atoms with Crippen molar-refractivity contribution in [2.75, 3.05) is 19.0 Å². The van der Waals surface area contributed by atoms with E-state index in [9.17, 15) is 5.11 Å². The van der Waals surface area contributed by atoms with E-state index in [0.29, 0.717) is 0 Å². The first-order valence-electron chi connectivity index (χ1n) is 8.47. The largest absolute Gasteiger partial charge is 0.392 e. The number of hydrogen-bond acceptors (Lipinski definition) is 4. The van der Waals surface area contributed by atoms with E-state index in [-0.39, 0.29) is 6.61 Å². The van der Waals surface area contributed by atoms with Gasteiger partial charge in [0.25, 0.3) is 0 Å². The number of aliphatic hydroxyl groups excluding tert-OH is 1. The predicted octanol–water partition coefficient (Wildman–Crippen LogP) is 3.62. The molecule has 130 valence electrons. The van der Waals surface area contributed by atoms with Crippen LogP contribution in [0.15, 0.2) is 67.1 Å². The molecule has 2 aromatic heterocycles. The molecule has 0 unspecified atom stereocenters. The number of aromatic nitrogens is 3. The highest BCUT2D eigenvalue weighted by Gasteiger charge is 2.09. The van der Waals surface area contributed by atoms with Gasteiger partial charge in [-0.3, -0.25) is 9.38 Å². The minimum absolute atomic E-state index is 0.0423. The predicted molar refractivity (Wildman–Crippen MR) is 104 cm³/mol. The smallest absolute Gasteiger partial charge is 0.155 e. The van der Waals surface area contributed by atoms with E-state index < -0.39 is 0 Å². The van der Waals surface area contributed by atoms with Gasteiger partial charge in [-0.25, -0.2) is 4.98 Å². The van der Waals surface area contributed by atoms with Gasteiger partial charge < -0.3 is 10.0 Å². The topological polar surface area (TPSA) is 53.7 Å². The quantitative estimate of drug-likeness (QED) is 0.614. The van der Waals surface area contributed by atoms with Crippen molar-refractivity contribution >= 4 is 11.3 Å². The molecule has 0 aliphatic heterocycles. The maximum atomic E-state index is 9.20. The van der Waals surface area contributed by atoms with Crippen molar-refractivity contribution in [1.82, 2.24) is 14.4 Å². The van der Waals surface area contributed by atoms with Crippen molar-refractivity contribution in [2.24, 2.45) is 0 Å². The lowest BCUT2D eigenvalue weighted by atomic mass is 10.1. The van der Waals surface area contributed by atoms with Crippen LogP contribution in [-0.2, 0) is 6.61 Å². The molecule has 0 aliphatic rings. The lowest BCUT2D eigenvalue weighted by molar-refractivity contribution is 0.282. The Morgan fingerprint density at radius 3 is 2.50 bits per heavy atom. The Balaban J connectivity index is 1.80. The second kappa shape index (κ2) is 6.61. The van der Waals surface area contributed by atoms with Gasteiger partial charge in [0.2, 0.25) is 0 Å². The Morgan fingerprint density at radius 1 is 0.962 bits per heavy atom. The maximum absolute atomic E-state index is 9.20. The van der Waals surface area contributed by atoms with Gasteiger partial charge in [0.1, 0.15) is 0 Å². The van der Waals surface area contributed by atoms with Crippen LogP contribution >= 0.6 is 0 Å². The van der Waals surface area contributed by atoms with Gasteiger partial charge in [0.05, 0.1) is 30.4 Å². The molecule has 0 spiro atoms. The van der Waals surface area contributed by atoms with Gasteiger partial charge in [-0.2, -0.15) is 0 Å². The summed E-state index contributed by atoms with van der Waals surface area (Å²) in [6, 6.07) is 16.2. The molecule has 0 radical (unpaired) electrons. The average Bonchev–Trinajstić information content (AvgIpc) is 3.11. The van der Waals surface area contributed by atoms with E-state index in [1.807, 2.05) is 50.8 Å². The zero-order valence-corrected chi connectivity index (χ0v) is 14.8. The van der Waals surface area contributed by atoms with E-state index in [1.165, 1.54) is 0 Å². The SMILES string of the molecule is CN(C)c1cccc(-c2cnc3cnc(-c4ccc(CO)cc4)cn23)c1. The van der Waals surface area contributed by atoms with Crippen molar-refractivity contribution in [3.05, 3.63) is 72.7 Å². The molecule has 0 atom stereocenters. The van der Waals surface area contributed by atoms with E-state index in [4.69, 9.17) is 0 Å². The molecule has 2 heterocycles. The van der Waals surface area contributed by atoms with Crippen molar-refractivity contribution < 1.29 is 5.11 Å². The summed E-state index contributed by atoms with van der Waals surface area (Å²) in [5.74, 6) is 0. The van der Waals surface area contributed by atoms with Crippen LogP contribution in [0.3, 0.4) is 0 Å². The maximum Gasteiger partial charge on any atom is 0.155 e. The van der Waals surface area contributed by atoms with Crippen molar-refractivity contribution in [3.8, 4) is 22.5 Å². The Bertz CT molecular complexity index is 1050. The van der Waals surface area contributed by atoms with Crippen molar-refractivity contribution in [1.29, 1.82) is 0 Å². The molecule has 4 rings (SSSR count). The fraction of sp³-hybridized carbons (Fsp3) is 0.143. The molecule has 0 bridgehead atoms. The number of nitrogens with zero attached hydrogens (tertiary/aromatic N) is 4. The number of benzene rings is 2. The Kier molecular flexibility index (Phi) is 4.14. The highest BCUT2D eigenvalue weighted by Crippen LogP contribution is 2.26. The monoisotopic (exact) mass is 344 g/mol. The fourth-order valence-electron chi connectivity index (χ4n) is 2.98. The Morgan fingerprint density at radius 2 is 1.77 bits per heavy atom. The van der Waals surface area contributed by atoms with Gasteiger partial charge in [0, 0.05) is 37.1 Å². The zero-order chi connectivity index (χ0) is 18.1. The minimum atomic E-state index is 0.0423. The first-order chi connectivity index (χ1) is 12.7. The summed E-state index contributed by atoms with van der Waals surface area (Å²) in [7, 11) is 4.07. The molecule has 2 aromatic carbocycles. The fourth-order valence-corrected chi connectivity index (χ4v) is 2.98. The number of imidazole rings is 1. The van der Waals surface area contributed by atoms with E-state index >= 15 is 0 Å².